The van der Waals surface area contributed by atoms with E-state index >= 15 is 0 Å². The average Bonchev–Trinajstić information content (AvgIpc) is 2.34. The fourth-order valence-electron chi connectivity index (χ4n) is 4.69. The summed E-state index contributed by atoms with van der Waals surface area (Å²) < 4.78 is 0. The third-order valence-corrected chi connectivity index (χ3v) is 5.34. The second-order valence-corrected chi connectivity index (χ2v) is 6.91. The molecule has 0 bridgehead atoms. The van der Waals surface area contributed by atoms with Crippen molar-refractivity contribution in [3.8, 4) is 0 Å². The van der Waals surface area contributed by atoms with Crippen LogP contribution < -0.4 is 0 Å². The molecule has 0 amide bonds. The second-order valence-electron chi connectivity index (χ2n) is 6.91. The zero-order valence-electron chi connectivity index (χ0n) is 9.91. The first kappa shape index (κ1) is 9.55. The van der Waals surface area contributed by atoms with Crippen molar-refractivity contribution in [1.29, 1.82) is 0 Å². The van der Waals surface area contributed by atoms with E-state index in [1.54, 1.807) is 0 Å². The molecule has 0 aromatic carbocycles. The Morgan fingerprint density at radius 2 is 1.62 bits per heavy atom. The molecule has 13 heavy (non-hydrogen) atoms. The minimum absolute atomic E-state index is 0.567. The molecule has 0 spiro atoms. The Labute approximate surface area is 83.1 Å². The molecule has 2 rings (SSSR count). The monoisotopic (exact) mass is 180 g/mol. The summed E-state index contributed by atoms with van der Waals surface area (Å²) in [5.74, 6) is 0.981. The van der Waals surface area contributed by atoms with Crippen LogP contribution in [0.3, 0.4) is 0 Å². The van der Waals surface area contributed by atoms with E-state index in [-0.39, 0.29) is 0 Å². The molecule has 0 heterocycles. The molecule has 2 atom stereocenters. The zero-order chi connectivity index (χ0) is 9.91. The third-order valence-electron chi connectivity index (χ3n) is 5.34. The average molecular weight is 180 g/mol. The quantitative estimate of drug-likeness (QED) is 0.523. The molecular weight excluding hydrogens is 156 g/mol. The number of hydrogen-bond acceptors (Lipinski definition) is 0. The van der Waals surface area contributed by atoms with E-state index in [0.717, 1.165) is 5.92 Å². The standard InChI is InChI=1S/C13H24/c1-11(2)9-12(3,4)13(5)8-6-7-10(11)13/h10H,6-9H2,1-5H3/t10-,13-/m1/s1. The van der Waals surface area contributed by atoms with Crippen molar-refractivity contribution in [2.75, 3.05) is 0 Å². The normalized spacial score (nSPS) is 46.4. The molecule has 0 N–H and O–H groups in total. The van der Waals surface area contributed by atoms with Crippen LogP contribution in [0.4, 0.5) is 0 Å². The highest BCUT2D eigenvalue weighted by Gasteiger charge is 2.61. The fourth-order valence-corrected chi connectivity index (χ4v) is 4.69. The molecule has 2 aliphatic rings. The molecule has 0 unspecified atom stereocenters. The molecular formula is C13H24. The van der Waals surface area contributed by atoms with Crippen molar-refractivity contribution in [1.82, 2.24) is 0 Å². The molecule has 0 aromatic heterocycles. The van der Waals surface area contributed by atoms with Crippen molar-refractivity contribution >= 4 is 0 Å². The lowest BCUT2D eigenvalue weighted by Crippen LogP contribution is -2.31. The minimum atomic E-state index is 0.567. The lowest BCUT2D eigenvalue weighted by molar-refractivity contribution is 0.101. The van der Waals surface area contributed by atoms with Crippen LogP contribution in [0, 0.1) is 22.2 Å². The van der Waals surface area contributed by atoms with Gasteiger partial charge in [-0.15, -0.1) is 0 Å². The summed E-state index contributed by atoms with van der Waals surface area (Å²) in [6, 6.07) is 0. The van der Waals surface area contributed by atoms with E-state index in [4.69, 9.17) is 0 Å². The largest absolute Gasteiger partial charge is 0.0596 e. The Morgan fingerprint density at radius 1 is 1.00 bits per heavy atom. The van der Waals surface area contributed by atoms with Crippen molar-refractivity contribution in [2.24, 2.45) is 22.2 Å². The molecule has 2 saturated carbocycles. The third kappa shape index (κ3) is 1.04. The van der Waals surface area contributed by atoms with E-state index in [0.29, 0.717) is 16.2 Å². The highest BCUT2D eigenvalue weighted by Crippen LogP contribution is 2.69. The summed E-state index contributed by atoms with van der Waals surface area (Å²) >= 11 is 0. The lowest BCUT2D eigenvalue weighted by Gasteiger charge is -2.38. The first-order valence-corrected chi connectivity index (χ1v) is 5.80. The number of hydrogen-bond donors (Lipinski definition) is 0. The highest BCUT2D eigenvalue weighted by molar-refractivity contribution is 5.10. The molecule has 0 nitrogen and oxygen atoms in total. The molecule has 0 aromatic rings. The first-order chi connectivity index (χ1) is 5.80. The maximum Gasteiger partial charge on any atom is -0.0241 e. The van der Waals surface area contributed by atoms with Gasteiger partial charge in [-0.25, -0.2) is 0 Å². The predicted octanol–water partition coefficient (Wildman–Crippen LogP) is 4.25. The summed E-state index contributed by atoms with van der Waals surface area (Å²) in [5, 5.41) is 0. The van der Waals surface area contributed by atoms with Crippen LogP contribution in [-0.2, 0) is 0 Å². The molecule has 0 radical (unpaired) electrons. The van der Waals surface area contributed by atoms with Crippen molar-refractivity contribution < 1.29 is 0 Å². The van der Waals surface area contributed by atoms with Crippen LogP contribution in [0.2, 0.25) is 0 Å². The molecule has 2 aliphatic carbocycles. The van der Waals surface area contributed by atoms with Crippen LogP contribution in [0.1, 0.15) is 60.3 Å². The smallest absolute Gasteiger partial charge is 0.0241 e. The van der Waals surface area contributed by atoms with E-state index in [1.807, 2.05) is 0 Å². The van der Waals surface area contributed by atoms with Crippen molar-refractivity contribution in [2.45, 2.75) is 60.3 Å². The summed E-state index contributed by atoms with van der Waals surface area (Å²) in [7, 11) is 0. The van der Waals surface area contributed by atoms with Crippen LogP contribution in [0.25, 0.3) is 0 Å². The Kier molecular flexibility index (Phi) is 1.71. The van der Waals surface area contributed by atoms with Gasteiger partial charge in [0.2, 0.25) is 0 Å². The molecule has 0 saturated heterocycles. The Morgan fingerprint density at radius 3 is 2.15 bits per heavy atom. The van der Waals surface area contributed by atoms with Gasteiger partial charge in [-0.1, -0.05) is 41.0 Å². The maximum absolute atomic E-state index is 2.54. The molecule has 76 valence electrons. The topological polar surface area (TPSA) is 0 Å². The van der Waals surface area contributed by atoms with Crippen LogP contribution in [-0.4, -0.2) is 0 Å². The minimum Gasteiger partial charge on any atom is -0.0596 e. The van der Waals surface area contributed by atoms with E-state index in [1.165, 1.54) is 25.7 Å². The molecule has 0 heteroatoms. The van der Waals surface area contributed by atoms with Gasteiger partial charge in [0.15, 0.2) is 0 Å². The Bertz CT molecular complexity index is 224. The van der Waals surface area contributed by atoms with Crippen LogP contribution in [0.15, 0.2) is 0 Å². The van der Waals surface area contributed by atoms with Gasteiger partial charge in [0.05, 0.1) is 0 Å². The van der Waals surface area contributed by atoms with E-state index in [9.17, 15) is 0 Å². The molecule has 2 fully saturated rings. The fraction of sp³-hybridized carbons (Fsp3) is 1.00. The summed E-state index contributed by atoms with van der Waals surface area (Å²) in [6.45, 7) is 12.5. The lowest BCUT2D eigenvalue weighted by atomic mass is 9.66. The number of rotatable bonds is 0. The molecule has 0 aliphatic heterocycles. The SMILES string of the molecule is CC1(C)CC(C)(C)[C@]2(C)CCC[C@H]12. The van der Waals surface area contributed by atoms with Gasteiger partial charge in [-0.3, -0.25) is 0 Å². The van der Waals surface area contributed by atoms with Crippen LogP contribution >= 0.6 is 0 Å². The number of fused-ring (bicyclic) bond motifs is 1. The Hall–Kier alpha value is 0. The van der Waals surface area contributed by atoms with Gasteiger partial charge < -0.3 is 0 Å². The van der Waals surface area contributed by atoms with Crippen molar-refractivity contribution in [3.63, 3.8) is 0 Å². The summed E-state index contributed by atoms with van der Waals surface area (Å²) in [5.41, 5.74) is 1.79. The van der Waals surface area contributed by atoms with E-state index in [2.05, 4.69) is 34.6 Å². The maximum atomic E-state index is 2.54. The summed E-state index contributed by atoms with van der Waals surface area (Å²) in [4.78, 5) is 0. The zero-order valence-corrected chi connectivity index (χ0v) is 9.91. The van der Waals surface area contributed by atoms with Crippen LogP contribution in [0.5, 0.6) is 0 Å². The second kappa shape index (κ2) is 2.32. The summed E-state index contributed by atoms with van der Waals surface area (Å²) in [6.07, 6.45) is 5.83. The highest BCUT2D eigenvalue weighted by atomic mass is 14.7. The van der Waals surface area contributed by atoms with E-state index < -0.39 is 0 Å². The van der Waals surface area contributed by atoms with Gasteiger partial charge in [0.25, 0.3) is 0 Å². The predicted molar refractivity (Wildman–Crippen MR) is 57.6 cm³/mol. The first-order valence-electron chi connectivity index (χ1n) is 5.80. The van der Waals surface area contributed by atoms with Gasteiger partial charge in [-0.2, -0.15) is 0 Å². The Balaban J connectivity index is 2.42. The van der Waals surface area contributed by atoms with Gasteiger partial charge in [-0.05, 0) is 41.4 Å². The van der Waals surface area contributed by atoms with Gasteiger partial charge >= 0.3 is 0 Å². The van der Waals surface area contributed by atoms with Gasteiger partial charge in [0, 0.05) is 0 Å². The van der Waals surface area contributed by atoms with Gasteiger partial charge in [0.1, 0.15) is 0 Å². The van der Waals surface area contributed by atoms with Crippen molar-refractivity contribution in [3.05, 3.63) is 0 Å².